The van der Waals surface area contributed by atoms with E-state index in [4.69, 9.17) is 4.98 Å². The summed E-state index contributed by atoms with van der Waals surface area (Å²) in [5.74, 6) is 3.30. The van der Waals surface area contributed by atoms with Gasteiger partial charge < -0.3 is 4.90 Å². The fourth-order valence-corrected chi connectivity index (χ4v) is 3.10. The van der Waals surface area contributed by atoms with E-state index in [2.05, 4.69) is 26.1 Å². The lowest BCUT2D eigenvalue weighted by molar-refractivity contribution is 0.484. The Morgan fingerprint density at radius 2 is 1.74 bits per heavy atom. The van der Waals surface area contributed by atoms with Gasteiger partial charge in [0.15, 0.2) is 5.82 Å². The van der Waals surface area contributed by atoms with Crippen molar-refractivity contribution in [2.75, 3.05) is 18.0 Å². The van der Waals surface area contributed by atoms with Gasteiger partial charge in [0.25, 0.3) is 0 Å². The first-order valence-electron chi connectivity index (χ1n) is 8.04. The summed E-state index contributed by atoms with van der Waals surface area (Å²) >= 11 is 0. The molecule has 0 saturated carbocycles. The van der Waals surface area contributed by atoms with Crippen LogP contribution in [0.2, 0.25) is 0 Å². The maximum absolute atomic E-state index is 4.70. The lowest BCUT2D eigenvalue weighted by Gasteiger charge is -2.31. The number of aromatic amines is 1. The van der Waals surface area contributed by atoms with E-state index < -0.39 is 0 Å². The van der Waals surface area contributed by atoms with Gasteiger partial charge in [0.05, 0.1) is 0 Å². The van der Waals surface area contributed by atoms with Crippen LogP contribution in [-0.2, 0) is 0 Å². The van der Waals surface area contributed by atoms with Crippen LogP contribution in [0.5, 0.6) is 0 Å². The Kier molecular flexibility index (Phi) is 3.76. The number of benzene rings is 1. The predicted molar refractivity (Wildman–Crippen MR) is 90.2 cm³/mol. The molecule has 0 radical (unpaired) electrons. The molecule has 1 aromatic carbocycles. The van der Waals surface area contributed by atoms with Crippen LogP contribution in [0.25, 0.3) is 11.4 Å². The molecule has 0 atom stereocenters. The van der Waals surface area contributed by atoms with E-state index in [1.807, 2.05) is 48.7 Å². The number of nitrogens with one attached hydrogen (secondary N) is 1. The Morgan fingerprint density at radius 1 is 0.957 bits per heavy atom. The van der Waals surface area contributed by atoms with Crippen LogP contribution < -0.4 is 4.90 Å². The highest BCUT2D eigenvalue weighted by Gasteiger charge is 2.24. The molecule has 3 heterocycles. The second-order valence-electron chi connectivity index (χ2n) is 5.86. The molecule has 3 aromatic rings. The standard InChI is InChI=1S/C18H19N5/c1-2-6-14(7-3-1)17-20-18(22-21-17)15-9-12-23(13-10-15)16-8-4-5-11-19-16/h1-8,11,15H,9-10,12-13H2,(H,20,21,22). The van der Waals surface area contributed by atoms with E-state index in [1.54, 1.807) is 0 Å². The van der Waals surface area contributed by atoms with Crippen LogP contribution in [0.1, 0.15) is 24.6 Å². The normalized spacial score (nSPS) is 15.7. The molecule has 0 unspecified atom stereocenters. The van der Waals surface area contributed by atoms with Crippen molar-refractivity contribution in [1.29, 1.82) is 0 Å². The van der Waals surface area contributed by atoms with Crippen molar-refractivity contribution in [2.24, 2.45) is 0 Å². The first kappa shape index (κ1) is 13.9. The van der Waals surface area contributed by atoms with Gasteiger partial charge in [-0.2, -0.15) is 5.10 Å². The largest absolute Gasteiger partial charge is 0.357 e. The fraction of sp³-hybridized carbons (Fsp3) is 0.278. The van der Waals surface area contributed by atoms with Crippen molar-refractivity contribution in [1.82, 2.24) is 20.2 Å². The highest BCUT2D eigenvalue weighted by atomic mass is 15.2. The molecule has 1 saturated heterocycles. The summed E-state index contributed by atoms with van der Waals surface area (Å²) in [6.45, 7) is 2.01. The third kappa shape index (κ3) is 2.95. The molecule has 1 fully saturated rings. The second kappa shape index (κ2) is 6.20. The molecule has 0 bridgehead atoms. The molecule has 4 rings (SSSR count). The lowest BCUT2D eigenvalue weighted by atomic mass is 9.96. The number of rotatable bonds is 3. The maximum Gasteiger partial charge on any atom is 0.181 e. The minimum atomic E-state index is 0.444. The summed E-state index contributed by atoms with van der Waals surface area (Å²) in [7, 11) is 0. The number of hydrogen-bond acceptors (Lipinski definition) is 4. The first-order valence-corrected chi connectivity index (χ1v) is 8.04. The Morgan fingerprint density at radius 3 is 2.48 bits per heavy atom. The van der Waals surface area contributed by atoms with Gasteiger partial charge in [0.2, 0.25) is 0 Å². The summed E-state index contributed by atoms with van der Waals surface area (Å²) in [4.78, 5) is 11.5. The average molecular weight is 305 g/mol. The number of anilines is 1. The van der Waals surface area contributed by atoms with Gasteiger partial charge in [0.1, 0.15) is 11.6 Å². The molecular formula is C18H19N5. The summed E-state index contributed by atoms with van der Waals surface area (Å²) in [6, 6.07) is 16.2. The van der Waals surface area contributed by atoms with Crippen LogP contribution in [-0.4, -0.2) is 33.3 Å². The number of hydrogen-bond donors (Lipinski definition) is 1. The third-order valence-electron chi connectivity index (χ3n) is 4.39. The van der Waals surface area contributed by atoms with Gasteiger partial charge >= 0.3 is 0 Å². The molecule has 0 amide bonds. The molecule has 1 N–H and O–H groups in total. The number of piperidine rings is 1. The lowest BCUT2D eigenvalue weighted by Crippen LogP contribution is -2.33. The molecule has 23 heavy (non-hydrogen) atoms. The summed E-state index contributed by atoms with van der Waals surface area (Å²) in [5.41, 5.74) is 1.06. The molecule has 5 nitrogen and oxygen atoms in total. The SMILES string of the molecule is c1ccc(-c2n[nH]c(C3CCN(c4ccccn4)CC3)n2)cc1. The molecule has 116 valence electrons. The van der Waals surface area contributed by atoms with Gasteiger partial charge in [-0.3, -0.25) is 5.10 Å². The van der Waals surface area contributed by atoms with E-state index in [0.29, 0.717) is 5.92 Å². The fourth-order valence-electron chi connectivity index (χ4n) is 3.10. The van der Waals surface area contributed by atoms with E-state index in [-0.39, 0.29) is 0 Å². The second-order valence-corrected chi connectivity index (χ2v) is 5.86. The summed E-state index contributed by atoms with van der Waals surface area (Å²) in [6.07, 6.45) is 3.99. The number of nitrogens with zero attached hydrogens (tertiary/aromatic N) is 4. The van der Waals surface area contributed by atoms with Gasteiger partial charge in [-0.15, -0.1) is 0 Å². The van der Waals surface area contributed by atoms with Gasteiger partial charge in [-0.05, 0) is 25.0 Å². The molecular weight excluding hydrogens is 286 g/mol. The van der Waals surface area contributed by atoms with Crippen molar-refractivity contribution >= 4 is 5.82 Å². The number of H-pyrrole nitrogens is 1. The zero-order chi connectivity index (χ0) is 15.5. The molecule has 1 aliphatic heterocycles. The van der Waals surface area contributed by atoms with Crippen LogP contribution in [0.4, 0.5) is 5.82 Å². The van der Waals surface area contributed by atoms with Crippen molar-refractivity contribution in [3.05, 3.63) is 60.6 Å². The summed E-state index contributed by atoms with van der Waals surface area (Å²) < 4.78 is 0. The smallest absolute Gasteiger partial charge is 0.181 e. The zero-order valence-electron chi connectivity index (χ0n) is 12.9. The zero-order valence-corrected chi connectivity index (χ0v) is 12.9. The van der Waals surface area contributed by atoms with Crippen LogP contribution in [0, 0.1) is 0 Å². The van der Waals surface area contributed by atoms with Crippen molar-refractivity contribution in [2.45, 2.75) is 18.8 Å². The Balaban J connectivity index is 1.44. The maximum atomic E-state index is 4.70. The van der Waals surface area contributed by atoms with Crippen LogP contribution in [0.15, 0.2) is 54.7 Å². The van der Waals surface area contributed by atoms with E-state index in [1.165, 1.54) is 0 Å². The van der Waals surface area contributed by atoms with Gasteiger partial charge in [-0.1, -0.05) is 36.4 Å². The van der Waals surface area contributed by atoms with Gasteiger partial charge in [0, 0.05) is 30.8 Å². The Bertz CT molecular complexity index is 745. The summed E-state index contributed by atoms with van der Waals surface area (Å²) in [5, 5.41) is 7.51. The highest BCUT2D eigenvalue weighted by molar-refractivity contribution is 5.54. The third-order valence-corrected chi connectivity index (χ3v) is 4.39. The topological polar surface area (TPSA) is 57.7 Å². The quantitative estimate of drug-likeness (QED) is 0.807. The average Bonchev–Trinajstić information content (AvgIpc) is 3.14. The monoisotopic (exact) mass is 305 g/mol. The minimum Gasteiger partial charge on any atom is -0.357 e. The molecule has 1 aliphatic rings. The number of aromatic nitrogens is 4. The molecule has 2 aromatic heterocycles. The minimum absolute atomic E-state index is 0.444. The predicted octanol–water partition coefficient (Wildman–Crippen LogP) is 3.25. The van der Waals surface area contributed by atoms with E-state index >= 15 is 0 Å². The highest BCUT2D eigenvalue weighted by Crippen LogP contribution is 2.28. The number of pyridine rings is 1. The van der Waals surface area contributed by atoms with Gasteiger partial charge in [-0.25, -0.2) is 9.97 Å². The molecule has 0 aliphatic carbocycles. The first-order chi connectivity index (χ1) is 11.4. The Hall–Kier alpha value is -2.69. The van der Waals surface area contributed by atoms with Crippen molar-refractivity contribution < 1.29 is 0 Å². The van der Waals surface area contributed by atoms with E-state index in [0.717, 1.165) is 49.0 Å². The molecule has 0 spiro atoms. The van der Waals surface area contributed by atoms with Crippen molar-refractivity contribution in [3.8, 4) is 11.4 Å². The Labute approximate surface area is 135 Å². The van der Waals surface area contributed by atoms with Crippen molar-refractivity contribution in [3.63, 3.8) is 0 Å². The molecule has 5 heteroatoms. The van der Waals surface area contributed by atoms with E-state index in [9.17, 15) is 0 Å². The van der Waals surface area contributed by atoms with Crippen LogP contribution >= 0.6 is 0 Å². The van der Waals surface area contributed by atoms with Crippen LogP contribution in [0.3, 0.4) is 0 Å².